The Bertz CT molecular complexity index is 3710. The van der Waals surface area contributed by atoms with Gasteiger partial charge in [-0.3, -0.25) is 0 Å². The summed E-state index contributed by atoms with van der Waals surface area (Å²) in [5.41, 5.74) is 3.10. The number of para-hydroxylation sites is 1. The van der Waals surface area contributed by atoms with Crippen molar-refractivity contribution in [2.24, 2.45) is 0 Å². The van der Waals surface area contributed by atoms with Crippen molar-refractivity contribution in [3.05, 3.63) is 121 Å². The molecule has 61 heavy (non-hydrogen) atoms. The van der Waals surface area contributed by atoms with Gasteiger partial charge in [0, 0.05) is 47.7 Å². The van der Waals surface area contributed by atoms with E-state index in [1.54, 1.807) is 59.9 Å². The monoisotopic (exact) mass is 820 g/mol. The Kier molecular flexibility index (Phi) is 7.47. The Morgan fingerprint density at radius 1 is 0.361 bits per heavy atom. The molecule has 0 saturated carbocycles. The van der Waals surface area contributed by atoms with Crippen molar-refractivity contribution in [2.45, 2.75) is 0 Å². The predicted molar refractivity (Wildman–Crippen MR) is 239 cm³/mol. The molecule has 2 radical (unpaired) electrons. The van der Waals surface area contributed by atoms with Gasteiger partial charge in [0.15, 0.2) is 34.5 Å². The van der Waals surface area contributed by atoms with Gasteiger partial charge in [-0.2, -0.15) is 0 Å². The average molecular weight is 821 g/mol. The predicted octanol–water partition coefficient (Wildman–Crippen LogP) is 9.73. The number of benzene rings is 8. The minimum atomic E-state index is -1.08. The van der Waals surface area contributed by atoms with Crippen LogP contribution in [0, 0.1) is 0 Å². The number of rotatable bonds is 4. The summed E-state index contributed by atoms with van der Waals surface area (Å²) in [5, 5.41) is 105. The molecule has 8 aromatic carbocycles. The molecule has 0 aliphatic rings. The number of aromatic hydroxyl groups is 9. The molecule has 11 nitrogen and oxygen atoms in total. The Morgan fingerprint density at radius 2 is 0.787 bits per heavy atom. The van der Waals surface area contributed by atoms with Crippen LogP contribution in [-0.4, -0.2) is 62.9 Å². The highest BCUT2D eigenvalue weighted by molar-refractivity contribution is 7.26. The fraction of sp³-hybridized carbons (Fsp3) is 0. The summed E-state index contributed by atoms with van der Waals surface area (Å²) in [5.74, 6) is -8.04. The van der Waals surface area contributed by atoms with E-state index >= 15 is 0 Å². The second-order valence-corrected chi connectivity index (χ2v) is 15.9. The number of hydrogen-bond donors (Lipinski definition) is 9. The molecule has 11 aromatic rings. The first-order chi connectivity index (χ1) is 29.5. The fourth-order valence-corrected chi connectivity index (χ4v) is 10.3. The Labute approximate surface area is 349 Å². The third-order valence-electron chi connectivity index (χ3n) is 11.6. The molecule has 0 fully saturated rings. The molecule has 0 aliphatic carbocycles. The second kappa shape index (κ2) is 12.7. The molecule has 0 atom stereocenters. The van der Waals surface area contributed by atoms with Crippen molar-refractivity contribution in [1.82, 2.24) is 9.13 Å². The highest BCUT2D eigenvalue weighted by Crippen LogP contribution is 2.59. The first-order valence-electron chi connectivity index (χ1n) is 18.9. The third kappa shape index (κ3) is 4.68. The molecular weight excluding hydrogens is 791 g/mol. The van der Waals surface area contributed by atoms with Gasteiger partial charge < -0.3 is 55.1 Å². The van der Waals surface area contributed by atoms with Gasteiger partial charge in [0.05, 0.1) is 10.9 Å². The van der Waals surface area contributed by atoms with E-state index in [1.165, 1.54) is 9.13 Å². The van der Waals surface area contributed by atoms with E-state index in [9.17, 15) is 46.0 Å². The molecule has 11 rings (SSSR count). The van der Waals surface area contributed by atoms with Crippen LogP contribution in [0.1, 0.15) is 0 Å². The van der Waals surface area contributed by atoms with E-state index in [4.69, 9.17) is 7.85 Å². The zero-order valence-corrected chi connectivity index (χ0v) is 32.3. The van der Waals surface area contributed by atoms with Crippen LogP contribution in [-0.2, 0) is 0 Å². The summed E-state index contributed by atoms with van der Waals surface area (Å²) in [6.07, 6.45) is 0. The number of phenols is 9. The van der Waals surface area contributed by atoms with E-state index in [0.29, 0.717) is 5.69 Å². The summed E-state index contributed by atoms with van der Waals surface area (Å²) in [6, 6.07) is 37.8. The highest BCUT2D eigenvalue weighted by atomic mass is 32.1. The first kappa shape index (κ1) is 36.0. The van der Waals surface area contributed by atoms with Crippen LogP contribution < -0.4 is 5.46 Å². The maximum Gasteiger partial charge on any atom is 0.206 e. The van der Waals surface area contributed by atoms with Crippen molar-refractivity contribution in [1.29, 1.82) is 0 Å². The summed E-state index contributed by atoms with van der Waals surface area (Å²) < 4.78 is 4.75. The van der Waals surface area contributed by atoms with Crippen molar-refractivity contribution < 1.29 is 46.0 Å². The van der Waals surface area contributed by atoms with Gasteiger partial charge in [-0.05, 0) is 52.0 Å². The van der Waals surface area contributed by atoms with Gasteiger partial charge in [-0.25, -0.2) is 0 Å². The van der Waals surface area contributed by atoms with E-state index in [0.717, 1.165) is 42.4 Å². The summed E-state index contributed by atoms with van der Waals surface area (Å²) in [6.45, 7) is 0. The SMILES string of the molecule is [B]c1c(O)c(O)c(O)c2c1c1c3c4c(O)c(O)c(O)c(O)c4n(-c4cccc(-c5cccc6c5sc5c(-c7ccccc7)cccc56)c4)c3c(O)c(O)c1n2-c1ccccc1. The normalized spacial score (nSPS) is 11.9. The molecule has 0 amide bonds. The molecule has 0 aliphatic heterocycles. The molecular formula is C48H29BN2O9S. The maximum absolute atomic E-state index is 12.2. The van der Waals surface area contributed by atoms with Gasteiger partial charge in [-0.15, -0.1) is 11.3 Å². The maximum atomic E-state index is 12.2. The first-order valence-corrected chi connectivity index (χ1v) is 19.7. The van der Waals surface area contributed by atoms with Crippen LogP contribution in [0.5, 0.6) is 51.7 Å². The van der Waals surface area contributed by atoms with Crippen LogP contribution >= 0.6 is 11.3 Å². The van der Waals surface area contributed by atoms with Crippen molar-refractivity contribution in [2.75, 3.05) is 0 Å². The lowest BCUT2D eigenvalue weighted by Gasteiger charge is -2.14. The number of fused-ring (bicyclic) bond motifs is 10. The zero-order valence-electron chi connectivity index (χ0n) is 31.5. The quantitative estimate of drug-likeness (QED) is 0.0472. The second-order valence-electron chi connectivity index (χ2n) is 14.8. The largest absolute Gasteiger partial charge is 0.505 e. The van der Waals surface area contributed by atoms with Gasteiger partial charge in [0.1, 0.15) is 24.4 Å². The van der Waals surface area contributed by atoms with E-state index in [1.807, 2.05) is 42.5 Å². The van der Waals surface area contributed by atoms with Gasteiger partial charge >= 0.3 is 0 Å². The fourth-order valence-electron chi connectivity index (χ4n) is 8.97. The number of phenolic OH excluding ortho intramolecular Hbond substituents is 9. The summed E-state index contributed by atoms with van der Waals surface area (Å²) in [4.78, 5) is 0. The van der Waals surface area contributed by atoms with E-state index in [2.05, 4.69) is 30.3 Å². The summed E-state index contributed by atoms with van der Waals surface area (Å²) >= 11 is 1.65. The van der Waals surface area contributed by atoms with Crippen molar-refractivity contribution >= 4 is 88.4 Å². The molecule has 0 spiro atoms. The Hall–Kier alpha value is -8.16. The third-order valence-corrected chi connectivity index (χ3v) is 12.9. The summed E-state index contributed by atoms with van der Waals surface area (Å²) in [7, 11) is 6.52. The standard InChI is InChI=1S/C48H29BN2O9S/c49-33-31-29-30-32-37(43(57)46(60)44(58)38(32)52)51(35(30)41(55)40(54)34(29)50(23-13-5-2-6-14-23)36(31)42(56)45(59)39(33)53)24-15-7-12-22(20-24)26-17-9-19-28-27-18-8-16-25(47(27)61-48(26)28)21-10-3-1-4-11-21/h1-20,52-60H. The van der Waals surface area contributed by atoms with Crippen LogP contribution in [0.15, 0.2) is 121 Å². The average Bonchev–Trinajstić information content (AvgIpc) is 3.97. The zero-order chi connectivity index (χ0) is 42.2. The molecule has 294 valence electrons. The Morgan fingerprint density at radius 3 is 1.41 bits per heavy atom. The minimum Gasteiger partial charge on any atom is -0.505 e. The number of hydrogen-bond acceptors (Lipinski definition) is 10. The molecule has 0 saturated heterocycles. The molecule has 0 bridgehead atoms. The van der Waals surface area contributed by atoms with Crippen molar-refractivity contribution in [3.63, 3.8) is 0 Å². The van der Waals surface area contributed by atoms with E-state index in [-0.39, 0.29) is 49.3 Å². The van der Waals surface area contributed by atoms with Crippen LogP contribution in [0.2, 0.25) is 0 Å². The molecule has 3 heterocycles. The number of thiophene rings is 1. The number of nitrogens with zero attached hydrogens (tertiary/aromatic N) is 2. The van der Waals surface area contributed by atoms with E-state index < -0.39 is 57.2 Å². The van der Waals surface area contributed by atoms with Gasteiger partial charge in [0.25, 0.3) is 0 Å². The van der Waals surface area contributed by atoms with Crippen LogP contribution in [0.25, 0.3) is 97.4 Å². The van der Waals surface area contributed by atoms with Crippen molar-refractivity contribution in [3.8, 4) is 85.4 Å². The van der Waals surface area contributed by atoms with Crippen LogP contribution in [0.4, 0.5) is 0 Å². The smallest absolute Gasteiger partial charge is 0.206 e. The molecule has 0 unspecified atom stereocenters. The lowest BCUT2D eigenvalue weighted by atomic mass is 9.88. The number of aromatic nitrogens is 2. The molecule has 13 heteroatoms. The topological polar surface area (TPSA) is 192 Å². The van der Waals surface area contributed by atoms with Gasteiger partial charge in [-0.1, -0.05) is 97.1 Å². The lowest BCUT2D eigenvalue weighted by Crippen LogP contribution is -2.05. The van der Waals surface area contributed by atoms with Crippen LogP contribution in [0.3, 0.4) is 0 Å². The molecule has 9 N–H and O–H groups in total. The Balaban J connectivity index is 1.28. The highest BCUT2D eigenvalue weighted by Gasteiger charge is 2.34. The van der Waals surface area contributed by atoms with Gasteiger partial charge in [0.2, 0.25) is 17.2 Å². The minimum absolute atomic E-state index is 0.0591. The lowest BCUT2D eigenvalue weighted by molar-refractivity contribution is 0.350. The molecule has 3 aromatic heterocycles.